The zero-order valence-corrected chi connectivity index (χ0v) is 31.1. The van der Waals surface area contributed by atoms with Crippen LogP contribution < -0.4 is 4.90 Å². The van der Waals surface area contributed by atoms with Gasteiger partial charge in [-0.2, -0.15) is 0 Å². The molecule has 9 aromatic carbocycles. The number of nitrogens with zero attached hydrogens (tertiary/aromatic N) is 2. The SMILES string of the molecule is c1ccc(-c2ccc(-c3ccc(N(c4ccccc4)c4ccc(-c5cccc6c5oc5ccccc56)cc4)cc3)c(-n3c4ccccc4c4ccccc43)c2)cc1. The highest BCUT2D eigenvalue weighted by Crippen LogP contribution is 2.42. The van der Waals surface area contributed by atoms with Gasteiger partial charge in [-0.3, -0.25) is 0 Å². The Hall–Kier alpha value is -7.62. The topological polar surface area (TPSA) is 21.3 Å². The van der Waals surface area contributed by atoms with Crippen LogP contribution >= 0.6 is 0 Å². The molecule has 3 nitrogen and oxygen atoms in total. The molecule has 0 unspecified atom stereocenters. The van der Waals surface area contributed by atoms with E-state index >= 15 is 0 Å². The van der Waals surface area contributed by atoms with E-state index in [1.165, 1.54) is 38.5 Å². The van der Waals surface area contributed by atoms with Gasteiger partial charge in [0.25, 0.3) is 0 Å². The van der Waals surface area contributed by atoms with Crippen LogP contribution in [-0.4, -0.2) is 4.57 Å². The van der Waals surface area contributed by atoms with E-state index in [4.69, 9.17) is 4.42 Å². The predicted molar refractivity (Wildman–Crippen MR) is 239 cm³/mol. The molecule has 0 N–H and O–H groups in total. The van der Waals surface area contributed by atoms with Crippen LogP contribution in [-0.2, 0) is 0 Å². The third-order valence-electron chi connectivity index (χ3n) is 11.2. The van der Waals surface area contributed by atoms with Crippen molar-refractivity contribution in [1.82, 2.24) is 4.57 Å². The number of hydrogen-bond donors (Lipinski definition) is 0. The minimum absolute atomic E-state index is 0.907. The average Bonchev–Trinajstić information content (AvgIpc) is 3.84. The summed E-state index contributed by atoms with van der Waals surface area (Å²) in [6, 6.07) is 78.1. The van der Waals surface area contributed by atoms with Gasteiger partial charge in [-0.1, -0.05) is 158 Å². The Morgan fingerprint density at radius 2 is 0.842 bits per heavy atom. The maximum absolute atomic E-state index is 6.39. The van der Waals surface area contributed by atoms with Crippen molar-refractivity contribution in [2.75, 3.05) is 4.90 Å². The summed E-state index contributed by atoms with van der Waals surface area (Å²) in [5.41, 5.74) is 15.5. The summed E-state index contributed by atoms with van der Waals surface area (Å²) in [6.07, 6.45) is 0. The van der Waals surface area contributed by atoms with E-state index in [9.17, 15) is 0 Å². The molecule has 11 rings (SSSR count). The summed E-state index contributed by atoms with van der Waals surface area (Å²) >= 11 is 0. The Morgan fingerprint density at radius 1 is 0.333 bits per heavy atom. The van der Waals surface area contributed by atoms with E-state index in [0.717, 1.165) is 61.4 Å². The third-order valence-corrected chi connectivity index (χ3v) is 11.2. The van der Waals surface area contributed by atoms with Crippen molar-refractivity contribution in [3.8, 4) is 39.1 Å². The van der Waals surface area contributed by atoms with E-state index in [0.29, 0.717) is 0 Å². The summed E-state index contributed by atoms with van der Waals surface area (Å²) in [6.45, 7) is 0. The first-order valence-corrected chi connectivity index (χ1v) is 19.4. The lowest BCUT2D eigenvalue weighted by atomic mass is 9.97. The highest BCUT2D eigenvalue weighted by molar-refractivity contribution is 6.11. The van der Waals surface area contributed by atoms with Crippen LogP contribution in [0.2, 0.25) is 0 Å². The van der Waals surface area contributed by atoms with Gasteiger partial charge >= 0.3 is 0 Å². The first-order chi connectivity index (χ1) is 28.3. The fraction of sp³-hybridized carbons (Fsp3) is 0. The molecule has 0 bridgehead atoms. The highest BCUT2D eigenvalue weighted by atomic mass is 16.3. The van der Waals surface area contributed by atoms with E-state index in [-0.39, 0.29) is 0 Å². The Bertz CT molecular complexity index is 3160. The molecule has 0 fully saturated rings. The summed E-state index contributed by atoms with van der Waals surface area (Å²) < 4.78 is 8.83. The van der Waals surface area contributed by atoms with Gasteiger partial charge in [-0.15, -0.1) is 0 Å². The van der Waals surface area contributed by atoms with Crippen molar-refractivity contribution in [3.05, 3.63) is 218 Å². The van der Waals surface area contributed by atoms with Crippen molar-refractivity contribution in [3.63, 3.8) is 0 Å². The van der Waals surface area contributed by atoms with E-state index in [1.54, 1.807) is 0 Å². The molecule has 2 aromatic heterocycles. The van der Waals surface area contributed by atoms with Gasteiger partial charge in [-0.25, -0.2) is 0 Å². The van der Waals surface area contributed by atoms with Crippen LogP contribution in [0.15, 0.2) is 223 Å². The monoisotopic (exact) mass is 728 g/mol. The summed E-state index contributed by atoms with van der Waals surface area (Å²) in [5.74, 6) is 0. The van der Waals surface area contributed by atoms with E-state index < -0.39 is 0 Å². The number of anilines is 3. The molecule has 0 atom stereocenters. The lowest BCUT2D eigenvalue weighted by Crippen LogP contribution is -2.09. The molecule has 57 heavy (non-hydrogen) atoms. The van der Waals surface area contributed by atoms with Crippen LogP contribution in [0.1, 0.15) is 0 Å². The molecule has 0 saturated heterocycles. The maximum Gasteiger partial charge on any atom is 0.143 e. The van der Waals surface area contributed by atoms with Crippen molar-refractivity contribution in [2.24, 2.45) is 0 Å². The highest BCUT2D eigenvalue weighted by Gasteiger charge is 2.19. The number of para-hydroxylation sites is 5. The van der Waals surface area contributed by atoms with Crippen molar-refractivity contribution >= 4 is 60.8 Å². The Balaban J connectivity index is 1.02. The normalized spacial score (nSPS) is 11.5. The number of hydrogen-bond acceptors (Lipinski definition) is 2. The van der Waals surface area contributed by atoms with Crippen LogP contribution in [0.3, 0.4) is 0 Å². The van der Waals surface area contributed by atoms with E-state index in [1.807, 2.05) is 12.1 Å². The van der Waals surface area contributed by atoms with Gasteiger partial charge in [-0.05, 0) is 82.9 Å². The minimum atomic E-state index is 0.907. The number of furan rings is 1. The average molecular weight is 729 g/mol. The van der Waals surface area contributed by atoms with Gasteiger partial charge in [0.1, 0.15) is 11.2 Å². The van der Waals surface area contributed by atoms with Crippen LogP contribution in [0, 0.1) is 0 Å². The van der Waals surface area contributed by atoms with Crippen molar-refractivity contribution in [2.45, 2.75) is 0 Å². The molecule has 0 amide bonds. The van der Waals surface area contributed by atoms with Gasteiger partial charge in [0.2, 0.25) is 0 Å². The fourth-order valence-corrected chi connectivity index (χ4v) is 8.53. The number of rotatable bonds is 7. The molecule has 0 aliphatic carbocycles. The standard InChI is InChI=1S/C54H36N2O/c1-3-14-37(15-4-1)40-30-35-44(52(36-40)56-50-23-10-7-18-46(50)47-19-8-11-24-51(47)56)38-26-31-42(32-27-38)55(41-16-5-2-6-17-41)43-33-28-39(29-34-43)45-21-13-22-49-48-20-9-12-25-53(48)57-54(45)49/h1-36H. The molecule has 268 valence electrons. The fourth-order valence-electron chi connectivity index (χ4n) is 8.53. The Morgan fingerprint density at radius 3 is 1.51 bits per heavy atom. The molecule has 0 radical (unpaired) electrons. The smallest absolute Gasteiger partial charge is 0.143 e. The first-order valence-electron chi connectivity index (χ1n) is 19.4. The molecular formula is C54H36N2O. The summed E-state index contributed by atoms with van der Waals surface area (Å²) in [4.78, 5) is 2.32. The molecular weight excluding hydrogens is 693 g/mol. The molecule has 2 heterocycles. The molecule has 0 saturated carbocycles. The quantitative estimate of drug-likeness (QED) is 0.163. The van der Waals surface area contributed by atoms with Gasteiger partial charge in [0.05, 0.1) is 16.7 Å². The lowest BCUT2D eigenvalue weighted by molar-refractivity contribution is 0.670. The zero-order chi connectivity index (χ0) is 37.7. The van der Waals surface area contributed by atoms with E-state index in [2.05, 4.69) is 216 Å². The molecule has 0 spiro atoms. The molecule has 0 aliphatic heterocycles. The van der Waals surface area contributed by atoms with Gasteiger partial charge < -0.3 is 13.9 Å². The van der Waals surface area contributed by atoms with Crippen LogP contribution in [0.5, 0.6) is 0 Å². The first kappa shape index (κ1) is 32.8. The molecule has 11 aromatic rings. The van der Waals surface area contributed by atoms with Crippen LogP contribution in [0.4, 0.5) is 17.1 Å². The summed E-state index contributed by atoms with van der Waals surface area (Å²) in [5, 5.41) is 4.77. The van der Waals surface area contributed by atoms with Crippen LogP contribution in [0.25, 0.3) is 82.8 Å². The summed E-state index contributed by atoms with van der Waals surface area (Å²) in [7, 11) is 0. The second-order valence-electron chi connectivity index (χ2n) is 14.5. The lowest BCUT2D eigenvalue weighted by Gasteiger charge is -2.26. The maximum atomic E-state index is 6.39. The van der Waals surface area contributed by atoms with Crippen molar-refractivity contribution in [1.29, 1.82) is 0 Å². The molecule has 0 aliphatic rings. The number of fused-ring (bicyclic) bond motifs is 6. The second kappa shape index (κ2) is 13.6. The van der Waals surface area contributed by atoms with Gasteiger partial charge in [0.15, 0.2) is 0 Å². The largest absolute Gasteiger partial charge is 0.455 e. The minimum Gasteiger partial charge on any atom is -0.455 e. The second-order valence-corrected chi connectivity index (χ2v) is 14.5. The molecule has 3 heteroatoms. The van der Waals surface area contributed by atoms with Gasteiger partial charge in [0, 0.05) is 49.7 Å². The number of aromatic nitrogens is 1. The zero-order valence-electron chi connectivity index (χ0n) is 31.1. The predicted octanol–water partition coefficient (Wildman–Crippen LogP) is 15.2. The Kier molecular flexibility index (Phi) is 7.82. The Labute approximate surface area is 330 Å². The third kappa shape index (κ3) is 5.60. The number of benzene rings is 9. The van der Waals surface area contributed by atoms with Crippen molar-refractivity contribution < 1.29 is 4.42 Å².